The molecule has 0 bridgehead atoms. The van der Waals surface area contributed by atoms with Gasteiger partial charge < -0.3 is 9.64 Å². The summed E-state index contributed by atoms with van der Waals surface area (Å²) in [5.41, 5.74) is 0.555. The number of halogens is 3. The van der Waals surface area contributed by atoms with Crippen molar-refractivity contribution in [3.05, 3.63) is 57.8 Å². The van der Waals surface area contributed by atoms with Crippen LogP contribution in [0, 0.1) is 5.82 Å². The third-order valence-electron chi connectivity index (χ3n) is 4.08. The van der Waals surface area contributed by atoms with E-state index in [0.29, 0.717) is 18.1 Å². The summed E-state index contributed by atoms with van der Waals surface area (Å²) in [4.78, 5) is 25.3. The number of benzene rings is 2. The minimum absolute atomic E-state index is 0.0292. The van der Waals surface area contributed by atoms with Gasteiger partial charge in [-0.05, 0) is 30.3 Å². The Balaban J connectivity index is 1.64. The molecule has 0 aromatic heterocycles. The monoisotopic (exact) mass is 444 g/mol. The molecule has 28 heavy (non-hydrogen) atoms. The van der Waals surface area contributed by atoms with Gasteiger partial charge in [0.25, 0.3) is 5.91 Å². The lowest BCUT2D eigenvalue weighted by Crippen LogP contribution is -2.54. The number of hydrogen-bond acceptors (Lipinski definition) is 5. The molecule has 1 unspecified atom stereocenters. The molecular formula is C18H15Cl2FN2O4S. The highest BCUT2D eigenvalue weighted by Gasteiger charge is 2.30. The average Bonchev–Trinajstić information content (AvgIpc) is 2.61. The summed E-state index contributed by atoms with van der Waals surface area (Å²) in [6.07, 6.45) is 0.908. The van der Waals surface area contributed by atoms with Gasteiger partial charge in [0.15, 0.2) is 0 Å². The van der Waals surface area contributed by atoms with Crippen molar-refractivity contribution in [1.29, 1.82) is 0 Å². The van der Waals surface area contributed by atoms with Gasteiger partial charge in [-0.2, -0.15) is 0 Å². The summed E-state index contributed by atoms with van der Waals surface area (Å²) < 4.78 is 31.0. The van der Waals surface area contributed by atoms with E-state index in [2.05, 4.69) is 4.90 Å². The molecule has 6 nitrogen and oxygen atoms in total. The van der Waals surface area contributed by atoms with Crippen LogP contribution in [-0.4, -0.2) is 40.8 Å². The summed E-state index contributed by atoms with van der Waals surface area (Å²) in [6, 6.07) is 9.44. The van der Waals surface area contributed by atoms with Crippen LogP contribution in [0.4, 0.5) is 14.9 Å². The molecule has 2 amide bonds. The second kappa shape index (κ2) is 8.46. The highest BCUT2D eigenvalue weighted by Crippen LogP contribution is 2.31. The molecule has 10 heteroatoms. The Morgan fingerprint density at radius 2 is 1.86 bits per heavy atom. The van der Waals surface area contributed by atoms with Crippen LogP contribution in [0.3, 0.4) is 0 Å². The number of nitrogens with one attached hydrogen (secondary N) is 1. The number of carbonyl (C=O) groups excluding carboxylic acids is 2. The van der Waals surface area contributed by atoms with Crippen molar-refractivity contribution < 1.29 is 22.9 Å². The van der Waals surface area contributed by atoms with Gasteiger partial charge in [0.2, 0.25) is 0 Å². The predicted octanol–water partition coefficient (Wildman–Crippen LogP) is 3.63. The summed E-state index contributed by atoms with van der Waals surface area (Å²) in [5.74, 6) is -1.83. The standard InChI is InChI=1S/C18H15Cl2FN2O4S/c1-28(26)18(25)22-17(24)13-6-14(20)16(7-15(13)21)27-12-8-23(9-12)11-4-2-10(19)3-5-11/h2-7,12H,8-9H2,1H3,(H,22,24,25). The van der Waals surface area contributed by atoms with Crippen molar-refractivity contribution in [2.24, 2.45) is 0 Å². The maximum atomic E-state index is 14.3. The fourth-order valence-corrected chi connectivity index (χ4v) is 3.15. The quantitative estimate of drug-likeness (QED) is 0.778. The molecule has 1 heterocycles. The van der Waals surface area contributed by atoms with Gasteiger partial charge in [-0.3, -0.25) is 14.9 Å². The van der Waals surface area contributed by atoms with Gasteiger partial charge in [0.05, 0.1) is 23.7 Å². The number of imide groups is 1. The van der Waals surface area contributed by atoms with Crippen molar-refractivity contribution in [1.82, 2.24) is 5.32 Å². The third kappa shape index (κ3) is 4.63. The third-order valence-corrected chi connectivity index (χ3v) is 5.25. The van der Waals surface area contributed by atoms with Crippen LogP contribution in [0.2, 0.25) is 10.0 Å². The number of nitrogens with zero attached hydrogens (tertiary/aromatic N) is 1. The Morgan fingerprint density at radius 3 is 2.46 bits per heavy atom. The molecule has 148 valence electrons. The van der Waals surface area contributed by atoms with E-state index in [0.717, 1.165) is 24.1 Å². The van der Waals surface area contributed by atoms with E-state index in [1.54, 1.807) is 12.1 Å². The highest BCUT2D eigenvalue weighted by atomic mass is 35.5. The van der Waals surface area contributed by atoms with E-state index in [9.17, 15) is 18.2 Å². The molecule has 2 aromatic rings. The zero-order chi connectivity index (χ0) is 20.4. The molecule has 3 rings (SSSR count). The summed E-state index contributed by atoms with van der Waals surface area (Å²) in [7, 11) is -1.91. The molecule has 0 spiro atoms. The molecule has 1 saturated heterocycles. The largest absolute Gasteiger partial charge is 0.485 e. The lowest BCUT2D eigenvalue weighted by atomic mass is 10.1. The van der Waals surface area contributed by atoms with Gasteiger partial charge in [-0.25, -0.2) is 8.60 Å². The van der Waals surface area contributed by atoms with Crippen molar-refractivity contribution in [3.63, 3.8) is 0 Å². The average molecular weight is 445 g/mol. The Labute approximate surface area is 173 Å². The normalized spacial score (nSPS) is 14.9. The zero-order valence-electron chi connectivity index (χ0n) is 14.6. The predicted molar refractivity (Wildman–Crippen MR) is 106 cm³/mol. The highest BCUT2D eigenvalue weighted by molar-refractivity contribution is 7.99. The zero-order valence-corrected chi connectivity index (χ0v) is 16.9. The van der Waals surface area contributed by atoms with Gasteiger partial charge >= 0.3 is 5.24 Å². The molecule has 0 radical (unpaired) electrons. The molecule has 1 fully saturated rings. The summed E-state index contributed by atoms with van der Waals surface area (Å²) >= 11 is 12.0. The summed E-state index contributed by atoms with van der Waals surface area (Å²) in [6.45, 7) is 1.16. The molecular weight excluding hydrogens is 430 g/mol. The first-order valence-electron chi connectivity index (χ1n) is 8.09. The lowest BCUT2D eigenvalue weighted by Gasteiger charge is -2.40. The molecule has 1 aliphatic heterocycles. The Hall–Kier alpha value is -2.16. The van der Waals surface area contributed by atoms with Crippen LogP contribution in [-0.2, 0) is 10.8 Å². The van der Waals surface area contributed by atoms with E-state index < -0.39 is 33.3 Å². The van der Waals surface area contributed by atoms with Crippen LogP contribution < -0.4 is 15.0 Å². The van der Waals surface area contributed by atoms with Crippen LogP contribution in [0.15, 0.2) is 36.4 Å². The Morgan fingerprint density at radius 1 is 1.21 bits per heavy atom. The fraction of sp³-hybridized carbons (Fsp3) is 0.222. The van der Waals surface area contributed by atoms with Crippen molar-refractivity contribution in [2.45, 2.75) is 6.10 Å². The molecule has 1 aliphatic rings. The van der Waals surface area contributed by atoms with Crippen molar-refractivity contribution >= 4 is 50.8 Å². The first-order valence-corrected chi connectivity index (χ1v) is 10.4. The minimum atomic E-state index is -1.91. The van der Waals surface area contributed by atoms with Crippen LogP contribution in [0.1, 0.15) is 10.4 Å². The van der Waals surface area contributed by atoms with E-state index in [4.69, 9.17) is 27.9 Å². The van der Waals surface area contributed by atoms with E-state index in [-0.39, 0.29) is 16.9 Å². The molecule has 0 saturated carbocycles. The Kier molecular flexibility index (Phi) is 6.22. The van der Waals surface area contributed by atoms with Crippen LogP contribution in [0.25, 0.3) is 0 Å². The van der Waals surface area contributed by atoms with Gasteiger partial charge in [0.1, 0.15) is 28.5 Å². The topological polar surface area (TPSA) is 75.7 Å². The minimum Gasteiger partial charge on any atom is -0.485 e. The molecule has 1 atom stereocenters. The first kappa shape index (κ1) is 20.6. The first-order chi connectivity index (χ1) is 13.2. The maximum absolute atomic E-state index is 14.3. The Bertz CT molecular complexity index is 949. The van der Waals surface area contributed by atoms with Crippen molar-refractivity contribution in [3.8, 4) is 5.75 Å². The SMILES string of the molecule is CS(=O)C(=O)NC(=O)c1cc(Cl)c(OC2CN(c3ccc(Cl)cc3)C2)cc1F. The van der Waals surface area contributed by atoms with E-state index in [1.807, 2.05) is 17.4 Å². The number of anilines is 1. The molecule has 0 aliphatic carbocycles. The lowest BCUT2D eigenvalue weighted by molar-refractivity contribution is 0.0965. The number of rotatable bonds is 4. The van der Waals surface area contributed by atoms with Crippen molar-refractivity contribution in [2.75, 3.05) is 24.2 Å². The second-order valence-corrected chi connectivity index (χ2v) is 8.20. The number of carbonyl (C=O) groups is 2. The summed E-state index contributed by atoms with van der Waals surface area (Å²) in [5, 5.41) is 1.50. The number of amides is 2. The smallest absolute Gasteiger partial charge is 0.315 e. The molecule has 1 N–H and O–H groups in total. The van der Waals surface area contributed by atoms with Gasteiger partial charge in [-0.15, -0.1) is 0 Å². The van der Waals surface area contributed by atoms with Gasteiger partial charge in [-0.1, -0.05) is 23.2 Å². The van der Waals surface area contributed by atoms with Gasteiger partial charge in [0, 0.05) is 23.0 Å². The maximum Gasteiger partial charge on any atom is 0.315 e. The molecule has 2 aromatic carbocycles. The van der Waals surface area contributed by atoms with E-state index >= 15 is 0 Å². The number of ether oxygens (including phenoxy) is 1. The van der Waals surface area contributed by atoms with Crippen LogP contribution >= 0.6 is 23.2 Å². The number of hydrogen-bond donors (Lipinski definition) is 1. The van der Waals surface area contributed by atoms with E-state index in [1.165, 1.54) is 0 Å². The fourth-order valence-electron chi connectivity index (χ4n) is 2.58. The van der Waals surface area contributed by atoms with Crippen LogP contribution in [0.5, 0.6) is 5.75 Å². The second-order valence-electron chi connectivity index (χ2n) is 6.08.